The monoisotopic (exact) mass is 184 g/mol. The molecule has 4 heteroatoms. The van der Waals surface area contributed by atoms with Crippen LogP contribution >= 0.6 is 0 Å². The molecule has 1 fully saturated rings. The number of hydrogen-bond acceptors (Lipinski definition) is 2. The summed E-state index contributed by atoms with van der Waals surface area (Å²) in [4.78, 5) is 0. The van der Waals surface area contributed by atoms with E-state index in [1.807, 2.05) is 0 Å². The first kappa shape index (κ1) is 8.44. The van der Waals surface area contributed by atoms with E-state index in [1.165, 1.54) is 6.07 Å². The summed E-state index contributed by atoms with van der Waals surface area (Å²) >= 11 is 0. The molecule has 1 saturated heterocycles. The Labute approximate surface area is 74.7 Å². The number of benzene rings is 1. The van der Waals surface area contributed by atoms with Crippen molar-refractivity contribution in [3.63, 3.8) is 0 Å². The minimum Gasteiger partial charge on any atom is -0.398 e. The molecular formula is C9H10F2N2. The van der Waals surface area contributed by atoms with Gasteiger partial charge in [0, 0.05) is 17.8 Å². The fourth-order valence-electron chi connectivity index (χ4n) is 1.43. The van der Waals surface area contributed by atoms with Gasteiger partial charge in [0.1, 0.15) is 0 Å². The van der Waals surface area contributed by atoms with Crippen LogP contribution in [-0.4, -0.2) is 6.54 Å². The van der Waals surface area contributed by atoms with Gasteiger partial charge >= 0.3 is 0 Å². The number of hydrogen-bond donors (Lipinski definition) is 2. The maximum atomic E-state index is 12.8. The van der Waals surface area contributed by atoms with Gasteiger partial charge in [0.15, 0.2) is 11.6 Å². The molecule has 13 heavy (non-hydrogen) atoms. The lowest BCUT2D eigenvalue weighted by Crippen LogP contribution is -2.35. The molecule has 1 aliphatic heterocycles. The van der Waals surface area contributed by atoms with E-state index >= 15 is 0 Å². The Kier molecular flexibility index (Phi) is 1.92. The fourth-order valence-corrected chi connectivity index (χ4v) is 1.43. The van der Waals surface area contributed by atoms with E-state index in [0.29, 0.717) is 11.3 Å². The first-order chi connectivity index (χ1) is 6.18. The largest absolute Gasteiger partial charge is 0.398 e. The maximum Gasteiger partial charge on any atom is 0.160 e. The molecule has 2 nitrogen and oxygen atoms in total. The number of nitrogens with two attached hydrogens (primary N) is 1. The summed E-state index contributed by atoms with van der Waals surface area (Å²) in [6, 6.07) is 2.29. The summed E-state index contributed by atoms with van der Waals surface area (Å²) in [6.07, 6.45) is 0.926. The third-order valence-corrected chi connectivity index (χ3v) is 2.33. The molecule has 1 heterocycles. The highest BCUT2D eigenvalue weighted by Gasteiger charge is 2.22. The summed E-state index contributed by atoms with van der Waals surface area (Å²) in [7, 11) is 0. The number of nitrogens with one attached hydrogen (secondary N) is 1. The summed E-state index contributed by atoms with van der Waals surface area (Å²) < 4.78 is 25.5. The summed E-state index contributed by atoms with van der Waals surface area (Å²) in [6.45, 7) is 0.906. The standard InChI is InChI=1S/C9H10F2N2/c10-6-3-5(9-1-2-13-9)8(12)4-7(6)11/h3-4,9,13H,1-2,12H2. The van der Waals surface area contributed by atoms with Gasteiger partial charge in [-0.2, -0.15) is 0 Å². The predicted octanol–water partition coefficient (Wildman–Crippen LogP) is 1.58. The quantitative estimate of drug-likeness (QED) is 0.650. The van der Waals surface area contributed by atoms with E-state index in [1.54, 1.807) is 0 Å². The SMILES string of the molecule is Nc1cc(F)c(F)cc1C1CCN1. The molecule has 0 bridgehead atoms. The van der Waals surface area contributed by atoms with Crippen LogP contribution in [0.4, 0.5) is 14.5 Å². The first-order valence-corrected chi connectivity index (χ1v) is 4.16. The zero-order valence-electron chi connectivity index (χ0n) is 6.98. The van der Waals surface area contributed by atoms with E-state index < -0.39 is 11.6 Å². The molecule has 0 saturated carbocycles. The van der Waals surface area contributed by atoms with Crippen LogP contribution in [0.15, 0.2) is 12.1 Å². The second-order valence-electron chi connectivity index (χ2n) is 3.19. The van der Waals surface area contributed by atoms with Crippen LogP contribution in [0.1, 0.15) is 18.0 Å². The Morgan fingerprint density at radius 3 is 2.46 bits per heavy atom. The van der Waals surface area contributed by atoms with Crippen LogP contribution in [-0.2, 0) is 0 Å². The lowest BCUT2D eigenvalue weighted by Gasteiger charge is -2.29. The van der Waals surface area contributed by atoms with E-state index in [4.69, 9.17) is 5.73 Å². The molecule has 1 atom stereocenters. The van der Waals surface area contributed by atoms with Gasteiger partial charge in [0.25, 0.3) is 0 Å². The van der Waals surface area contributed by atoms with Crippen molar-refractivity contribution >= 4 is 5.69 Å². The highest BCUT2D eigenvalue weighted by atomic mass is 19.2. The third-order valence-electron chi connectivity index (χ3n) is 2.33. The lowest BCUT2D eigenvalue weighted by molar-refractivity contribution is 0.381. The molecule has 70 valence electrons. The zero-order chi connectivity index (χ0) is 9.42. The molecule has 1 aliphatic rings. The van der Waals surface area contributed by atoms with Crippen molar-refractivity contribution in [1.29, 1.82) is 0 Å². The van der Waals surface area contributed by atoms with Crippen molar-refractivity contribution in [1.82, 2.24) is 5.32 Å². The predicted molar refractivity (Wildman–Crippen MR) is 46.1 cm³/mol. The molecule has 1 aromatic rings. The molecule has 0 aromatic heterocycles. The second kappa shape index (κ2) is 2.96. The Hall–Kier alpha value is -1.16. The van der Waals surface area contributed by atoms with Gasteiger partial charge in [-0.05, 0) is 24.6 Å². The zero-order valence-corrected chi connectivity index (χ0v) is 6.98. The normalized spacial score (nSPS) is 21.2. The smallest absolute Gasteiger partial charge is 0.160 e. The van der Waals surface area contributed by atoms with Crippen LogP contribution < -0.4 is 11.1 Å². The maximum absolute atomic E-state index is 12.8. The summed E-state index contributed by atoms with van der Waals surface area (Å²) in [5.41, 5.74) is 6.53. The Morgan fingerprint density at radius 1 is 1.31 bits per heavy atom. The van der Waals surface area contributed by atoms with Crippen molar-refractivity contribution in [2.45, 2.75) is 12.5 Å². The van der Waals surface area contributed by atoms with Crippen molar-refractivity contribution < 1.29 is 8.78 Å². The van der Waals surface area contributed by atoms with E-state index in [0.717, 1.165) is 19.0 Å². The Morgan fingerprint density at radius 2 is 1.92 bits per heavy atom. The molecule has 1 unspecified atom stereocenters. The van der Waals surface area contributed by atoms with Gasteiger partial charge in [-0.3, -0.25) is 0 Å². The van der Waals surface area contributed by atoms with E-state index in [9.17, 15) is 8.78 Å². The number of anilines is 1. The van der Waals surface area contributed by atoms with Gasteiger partial charge in [0.2, 0.25) is 0 Å². The van der Waals surface area contributed by atoms with Gasteiger partial charge in [-0.1, -0.05) is 0 Å². The van der Waals surface area contributed by atoms with Crippen LogP contribution in [0, 0.1) is 11.6 Å². The molecule has 0 aliphatic carbocycles. The Balaban J connectivity index is 2.39. The average molecular weight is 184 g/mol. The number of nitrogen functional groups attached to an aromatic ring is 1. The molecule has 0 spiro atoms. The van der Waals surface area contributed by atoms with Crippen LogP contribution in [0.2, 0.25) is 0 Å². The van der Waals surface area contributed by atoms with Crippen molar-refractivity contribution in [2.75, 3.05) is 12.3 Å². The van der Waals surface area contributed by atoms with E-state index in [2.05, 4.69) is 5.32 Å². The van der Waals surface area contributed by atoms with Crippen LogP contribution in [0.3, 0.4) is 0 Å². The number of rotatable bonds is 1. The topological polar surface area (TPSA) is 38.0 Å². The van der Waals surface area contributed by atoms with Gasteiger partial charge in [0.05, 0.1) is 0 Å². The average Bonchev–Trinajstić information content (AvgIpc) is 1.96. The molecule has 0 amide bonds. The Bertz CT molecular complexity index is 335. The van der Waals surface area contributed by atoms with Crippen molar-refractivity contribution in [2.24, 2.45) is 0 Å². The molecule has 0 radical (unpaired) electrons. The van der Waals surface area contributed by atoms with Gasteiger partial charge < -0.3 is 11.1 Å². The third kappa shape index (κ3) is 1.37. The lowest BCUT2D eigenvalue weighted by atomic mass is 9.96. The second-order valence-corrected chi connectivity index (χ2v) is 3.19. The number of halogens is 2. The molecule has 3 N–H and O–H groups in total. The van der Waals surface area contributed by atoms with E-state index in [-0.39, 0.29) is 6.04 Å². The summed E-state index contributed by atoms with van der Waals surface area (Å²) in [5.74, 6) is -1.72. The molecular weight excluding hydrogens is 174 g/mol. The highest BCUT2D eigenvalue weighted by molar-refractivity contribution is 5.49. The van der Waals surface area contributed by atoms with Gasteiger partial charge in [-0.25, -0.2) is 8.78 Å². The van der Waals surface area contributed by atoms with Crippen molar-refractivity contribution in [3.8, 4) is 0 Å². The van der Waals surface area contributed by atoms with Crippen LogP contribution in [0.5, 0.6) is 0 Å². The van der Waals surface area contributed by atoms with Gasteiger partial charge in [-0.15, -0.1) is 0 Å². The first-order valence-electron chi connectivity index (χ1n) is 4.16. The molecule has 2 rings (SSSR count). The minimum absolute atomic E-state index is 0.0927. The van der Waals surface area contributed by atoms with Crippen molar-refractivity contribution in [3.05, 3.63) is 29.3 Å². The summed E-state index contributed by atoms with van der Waals surface area (Å²) in [5, 5.41) is 3.08. The highest BCUT2D eigenvalue weighted by Crippen LogP contribution is 2.29. The van der Waals surface area contributed by atoms with Crippen LogP contribution in [0.25, 0.3) is 0 Å². The fraction of sp³-hybridized carbons (Fsp3) is 0.333. The molecule has 1 aromatic carbocycles. The minimum atomic E-state index is -0.888.